The normalized spacial score (nSPS) is 15.2. The van der Waals surface area contributed by atoms with E-state index in [2.05, 4.69) is 66.0 Å². The lowest BCUT2D eigenvalue weighted by Crippen LogP contribution is -2.53. The van der Waals surface area contributed by atoms with Crippen LogP contribution in [0.15, 0.2) is 89.5 Å². The monoisotopic (exact) mass is 573 g/mol. The van der Waals surface area contributed by atoms with E-state index in [9.17, 15) is 9.59 Å². The predicted molar refractivity (Wildman–Crippen MR) is 155 cm³/mol. The van der Waals surface area contributed by atoms with Crippen molar-refractivity contribution in [3.05, 3.63) is 101 Å². The molecule has 1 aliphatic heterocycles. The predicted octanol–water partition coefficient (Wildman–Crippen LogP) is 5.44. The number of fused-ring (bicyclic) bond motifs is 1. The van der Waals surface area contributed by atoms with Crippen LogP contribution in [0, 0.1) is 0 Å². The lowest BCUT2D eigenvalue weighted by molar-refractivity contribution is -0.123. The molecule has 0 saturated carbocycles. The standard InChI is InChI=1S/C30H32BrN5O2/c31-23-10-12-24(13-11-23)34-30(38)35-28(18-22-19-32-27-9-5-4-8-26(22)27)29(37)33-25-14-16-36(17-15-25)20-21-6-2-1-3-7-21/h1-13,19,25,28,32H,14-18,20H2,(H,33,37)(H2,34,35,38). The van der Waals surface area contributed by atoms with Crippen LogP contribution in [0.3, 0.4) is 0 Å². The number of para-hydroxylation sites is 1. The van der Waals surface area contributed by atoms with Crippen LogP contribution in [0.1, 0.15) is 24.0 Å². The van der Waals surface area contributed by atoms with Gasteiger partial charge in [0, 0.05) is 59.4 Å². The number of nitrogens with zero attached hydrogens (tertiary/aromatic N) is 1. The first-order valence-electron chi connectivity index (χ1n) is 13.0. The number of aromatic nitrogens is 1. The van der Waals surface area contributed by atoms with Crippen molar-refractivity contribution in [2.75, 3.05) is 18.4 Å². The lowest BCUT2D eigenvalue weighted by Gasteiger charge is -2.33. The highest BCUT2D eigenvalue weighted by molar-refractivity contribution is 9.10. The number of aromatic amines is 1. The number of anilines is 1. The molecule has 3 aromatic carbocycles. The summed E-state index contributed by atoms with van der Waals surface area (Å²) in [5.74, 6) is -0.164. The Hall–Kier alpha value is -3.62. The summed E-state index contributed by atoms with van der Waals surface area (Å²) in [5, 5.41) is 10.0. The summed E-state index contributed by atoms with van der Waals surface area (Å²) in [6.07, 6.45) is 4.06. The summed E-state index contributed by atoms with van der Waals surface area (Å²) >= 11 is 3.40. The summed E-state index contributed by atoms with van der Waals surface area (Å²) in [6, 6.07) is 24.7. The van der Waals surface area contributed by atoms with E-state index in [-0.39, 0.29) is 11.9 Å². The number of rotatable bonds is 8. The number of urea groups is 1. The van der Waals surface area contributed by atoms with Crippen LogP contribution >= 0.6 is 15.9 Å². The van der Waals surface area contributed by atoms with E-state index in [0.29, 0.717) is 12.1 Å². The van der Waals surface area contributed by atoms with Gasteiger partial charge in [0.05, 0.1) is 0 Å². The second-order valence-corrected chi connectivity index (χ2v) is 10.7. The molecule has 1 unspecified atom stereocenters. The molecule has 0 radical (unpaired) electrons. The van der Waals surface area contributed by atoms with E-state index in [4.69, 9.17) is 0 Å². The average Bonchev–Trinajstić information content (AvgIpc) is 3.34. The average molecular weight is 575 g/mol. The van der Waals surface area contributed by atoms with Gasteiger partial charge in [-0.3, -0.25) is 9.69 Å². The molecular weight excluding hydrogens is 542 g/mol. The van der Waals surface area contributed by atoms with Crippen LogP contribution in [0.5, 0.6) is 0 Å². The van der Waals surface area contributed by atoms with Crippen molar-refractivity contribution in [3.63, 3.8) is 0 Å². The number of amides is 3. The third kappa shape index (κ3) is 6.82. The van der Waals surface area contributed by atoms with Crippen molar-refractivity contribution in [1.82, 2.24) is 20.5 Å². The van der Waals surface area contributed by atoms with Crippen LogP contribution in [-0.4, -0.2) is 47.0 Å². The summed E-state index contributed by atoms with van der Waals surface area (Å²) in [5.41, 5.74) is 3.95. The number of carbonyl (C=O) groups is 2. The number of piperidine rings is 1. The van der Waals surface area contributed by atoms with E-state index in [1.54, 1.807) is 0 Å². The molecule has 1 saturated heterocycles. The van der Waals surface area contributed by atoms with Gasteiger partial charge >= 0.3 is 6.03 Å². The first kappa shape index (κ1) is 26.0. The summed E-state index contributed by atoms with van der Waals surface area (Å²) < 4.78 is 0.926. The van der Waals surface area contributed by atoms with E-state index >= 15 is 0 Å². The number of likely N-dealkylation sites (tertiary alicyclic amines) is 1. The third-order valence-corrected chi connectivity index (χ3v) is 7.53. The molecule has 0 bridgehead atoms. The molecule has 3 amide bonds. The number of halogens is 1. The van der Waals surface area contributed by atoms with E-state index in [1.165, 1.54) is 5.56 Å². The van der Waals surface area contributed by atoms with Gasteiger partial charge in [0.1, 0.15) is 6.04 Å². The summed E-state index contributed by atoms with van der Waals surface area (Å²) in [7, 11) is 0. The van der Waals surface area contributed by atoms with Crippen LogP contribution < -0.4 is 16.0 Å². The zero-order chi connectivity index (χ0) is 26.3. The minimum Gasteiger partial charge on any atom is -0.361 e. The van der Waals surface area contributed by atoms with E-state index < -0.39 is 12.1 Å². The number of H-pyrrole nitrogens is 1. The maximum absolute atomic E-state index is 13.5. The van der Waals surface area contributed by atoms with E-state index in [0.717, 1.165) is 53.4 Å². The van der Waals surface area contributed by atoms with Gasteiger partial charge in [-0.05, 0) is 54.3 Å². The molecule has 0 aliphatic carbocycles. The Kier molecular flexibility index (Phi) is 8.41. The molecule has 1 aromatic heterocycles. The smallest absolute Gasteiger partial charge is 0.319 e. The molecular formula is C30H32BrN5O2. The molecule has 196 valence electrons. The second kappa shape index (κ2) is 12.3. The third-order valence-electron chi connectivity index (χ3n) is 7.01. The summed E-state index contributed by atoms with van der Waals surface area (Å²) in [6.45, 7) is 2.76. The maximum atomic E-state index is 13.5. The summed E-state index contributed by atoms with van der Waals surface area (Å²) in [4.78, 5) is 32.1. The van der Waals surface area contributed by atoms with Crippen molar-refractivity contribution >= 4 is 44.5 Å². The molecule has 1 atom stereocenters. The highest BCUT2D eigenvalue weighted by Gasteiger charge is 2.27. The van der Waals surface area contributed by atoms with Gasteiger partial charge in [-0.1, -0.05) is 64.5 Å². The Bertz CT molecular complexity index is 1360. The number of nitrogens with one attached hydrogen (secondary N) is 4. The Morgan fingerprint density at radius 3 is 2.42 bits per heavy atom. The molecule has 0 spiro atoms. The number of hydrogen-bond acceptors (Lipinski definition) is 3. The van der Waals surface area contributed by atoms with Crippen molar-refractivity contribution < 1.29 is 9.59 Å². The van der Waals surface area contributed by atoms with Gasteiger partial charge in [0.15, 0.2) is 0 Å². The highest BCUT2D eigenvalue weighted by Crippen LogP contribution is 2.20. The van der Waals surface area contributed by atoms with Crippen LogP contribution in [0.25, 0.3) is 10.9 Å². The van der Waals surface area contributed by atoms with Crippen LogP contribution in [-0.2, 0) is 17.8 Å². The largest absolute Gasteiger partial charge is 0.361 e. The minimum absolute atomic E-state index is 0.0799. The van der Waals surface area contributed by atoms with Crippen molar-refractivity contribution in [1.29, 1.82) is 0 Å². The van der Waals surface area contributed by atoms with Gasteiger partial charge in [0.25, 0.3) is 0 Å². The van der Waals surface area contributed by atoms with Gasteiger partial charge < -0.3 is 20.9 Å². The van der Waals surface area contributed by atoms with Crippen LogP contribution in [0.4, 0.5) is 10.5 Å². The lowest BCUT2D eigenvalue weighted by atomic mass is 10.0. The number of carbonyl (C=O) groups excluding carboxylic acids is 2. The molecule has 4 aromatic rings. The number of hydrogen-bond donors (Lipinski definition) is 4. The first-order valence-corrected chi connectivity index (χ1v) is 13.8. The fourth-order valence-electron chi connectivity index (χ4n) is 4.97. The highest BCUT2D eigenvalue weighted by atomic mass is 79.9. The molecule has 7 nitrogen and oxygen atoms in total. The zero-order valence-electron chi connectivity index (χ0n) is 21.1. The molecule has 2 heterocycles. The minimum atomic E-state index is -0.716. The fraction of sp³-hybridized carbons (Fsp3) is 0.267. The van der Waals surface area contributed by atoms with Gasteiger partial charge in [-0.15, -0.1) is 0 Å². The fourth-order valence-corrected chi connectivity index (χ4v) is 5.23. The molecule has 8 heteroatoms. The van der Waals surface area contributed by atoms with Gasteiger partial charge in [0.2, 0.25) is 5.91 Å². The number of benzene rings is 3. The molecule has 1 aliphatic rings. The first-order chi connectivity index (χ1) is 18.5. The topological polar surface area (TPSA) is 89.3 Å². The quantitative estimate of drug-likeness (QED) is 0.226. The second-order valence-electron chi connectivity index (χ2n) is 9.77. The maximum Gasteiger partial charge on any atom is 0.319 e. The Balaban J connectivity index is 1.23. The SMILES string of the molecule is O=C(Nc1ccc(Br)cc1)NC(Cc1c[nH]c2ccccc12)C(=O)NC1CCN(Cc2ccccc2)CC1. The molecule has 1 fully saturated rings. The van der Waals surface area contributed by atoms with Gasteiger partial charge in [-0.25, -0.2) is 4.79 Å². The van der Waals surface area contributed by atoms with Crippen molar-refractivity contribution in [3.8, 4) is 0 Å². The Morgan fingerprint density at radius 2 is 1.66 bits per heavy atom. The zero-order valence-corrected chi connectivity index (χ0v) is 22.7. The van der Waals surface area contributed by atoms with Crippen molar-refractivity contribution in [2.45, 2.75) is 37.9 Å². The van der Waals surface area contributed by atoms with Crippen molar-refractivity contribution in [2.24, 2.45) is 0 Å². The Labute approximate surface area is 231 Å². The molecule has 4 N–H and O–H groups in total. The molecule has 5 rings (SSSR count). The van der Waals surface area contributed by atoms with Crippen LogP contribution in [0.2, 0.25) is 0 Å². The van der Waals surface area contributed by atoms with Gasteiger partial charge in [-0.2, -0.15) is 0 Å². The van der Waals surface area contributed by atoms with E-state index in [1.807, 2.05) is 60.8 Å². The Morgan fingerprint density at radius 1 is 0.947 bits per heavy atom. The molecule has 38 heavy (non-hydrogen) atoms.